The Morgan fingerprint density at radius 2 is 0.841 bits per heavy atom. The highest BCUT2D eigenvalue weighted by Gasteiger charge is 2.47. The van der Waals surface area contributed by atoms with E-state index in [4.69, 9.17) is 14.2 Å². The van der Waals surface area contributed by atoms with Crippen molar-refractivity contribution in [3.05, 3.63) is 97.2 Å². The van der Waals surface area contributed by atoms with E-state index >= 15 is 0 Å². The molecule has 1 rings (SSSR count). The van der Waals surface area contributed by atoms with Crippen LogP contribution in [-0.2, 0) is 23.8 Å². The van der Waals surface area contributed by atoms with Gasteiger partial charge in [-0.05, 0) is 109 Å². The Morgan fingerprint density at radius 1 is 0.476 bits per heavy atom. The fourth-order valence-electron chi connectivity index (χ4n) is 9.88. The highest BCUT2D eigenvalue weighted by molar-refractivity contribution is 5.80. The van der Waals surface area contributed by atoms with Crippen LogP contribution in [-0.4, -0.2) is 99.6 Å². The van der Waals surface area contributed by atoms with E-state index in [9.17, 15) is 35.1 Å². The van der Waals surface area contributed by atoms with Gasteiger partial charge in [0.25, 0.3) is 0 Å². The second-order valence-corrected chi connectivity index (χ2v) is 22.8. The number of allylic oxidation sites excluding steroid dienone is 15. The number of esters is 1. The van der Waals surface area contributed by atoms with Crippen LogP contribution in [0.3, 0.4) is 0 Å². The minimum absolute atomic E-state index is 0.103. The fourth-order valence-corrected chi connectivity index (χ4v) is 9.88. The van der Waals surface area contributed by atoms with Crippen LogP contribution in [0.15, 0.2) is 97.2 Å². The van der Waals surface area contributed by atoms with Gasteiger partial charge in [-0.15, -0.1) is 0 Å². The van der Waals surface area contributed by atoms with Crippen molar-refractivity contribution < 1.29 is 49.3 Å². The third kappa shape index (κ3) is 45.0. The van der Waals surface area contributed by atoms with Crippen molar-refractivity contribution in [2.45, 2.75) is 327 Å². The number of hydrogen-bond acceptors (Lipinski definition) is 10. The molecule has 1 aliphatic heterocycles. The number of rotatable bonds is 56. The van der Waals surface area contributed by atoms with Gasteiger partial charge in [0.15, 0.2) is 12.4 Å². The maximum atomic E-state index is 13.5. The van der Waals surface area contributed by atoms with Gasteiger partial charge in [0.2, 0.25) is 5.91 Å². The SMILES string of the molecule is CCCCC/C=C\C/C=C\C/C=C\C/C=C\CCCCCCCCC(O)C(=O)NC(COC1OC(CO)C(O)C(O)C1OC(=O)CCCCCCCC/C=C\C/C=C\C/C=C\CCCCC)C(O)/C=C/CCCCCCCCCCCC. The van der Waals surface area contributed by atoms with Crippen LogP contribution in [0.4, 0.5) is 0 Å². The molecule has 1 fully saturated rings. The molecule has 1 amide bonds. The highest BCUT2D eigenvalue weighted by Crippen LogP contribution is 2.26. The van der Waals surface area contributed by atoms with Crippen molar-refractivity contribution in [2.24, 2.45) is 0 Å². The normalized spacial score (nSPS) is 19.2. The third-order valence-electron chi connectivity index (χ3n) is 15.2. The number of carbonyl (C=O) groups excluding carboxylic acids is 2. The first-order valence-electron chi connectivity index (χ1n) is 33.5. The Bertz CT molecular complexity index is 1700. The Kier molecular flexibility index (Phi) is 54.2. The molecule has 6 N–H and O–H groups in total. The fraction of sp³-hybridized carbons (Fsp3) is 0.746. The van der Waals surface area contributed by atoms with E-state index in [1.165, 1.54) is 103 Å². The lowest BCUT2D eigenvalue weighted by molar-refractivity contribution is -0.305. The number of nitrogens with one attached hydrogen (secondary N) is 1. The van der Waals surface area contributed by atoms with Crippen molar-refractivity contribution in [3.63, 3.8) is 0 Å². The smallest absolute Gasteiger partial charge is 0.306 e. The van der Waals surface area contributed by atoms with E-state index in [1.54, 1.807) is 6.08 Å². The van der Waals surface area contributed by atoms with Crippen LogP contribution in [0.5, 0.6) is 0 Å². The molecule has 11 heteroatoms. The van der Waals surface area contributed by atoms with Gasteiger partial charge in [-0.25, -0.2) is 0 Å². The van der Waals surface area contributed by atoms with E-state index in [2.05, 4.69) is 111 Å². The standard InChI is InChI=1S/C71H123NO10/c1-4-7-10-13-16-19-22-25-27-29-31-32-33-35-36-38-40-43-46-49-52-55-58-64(75)70(79)72-62(63(74)57-54-51-48-45-42-24-21-18-15-12-9-6-3)61-80-71-69(68(78)67(77)65(60-73)81-71)82-66(76)59-56-53-50-47-44-41-39-37-34-30-28-26-23-20-17-14-11-8-5-2/h16-17,19-20,25-28,31-32,34-37,54,57,62-65,67-69,71,73-75,77-78H,4-15,18,21-24,29-30,33,38-53,55-56,58-61H2,1-3H3,(H,72,79)/b19-16-,20-17-,27-25-,28-26-,32-31-,36-35-,37-34-,57-54+. The number of ether oxygens (including phenoxy) is 3. The maximum absolute atomic E-state index is 13.5. The third-order valence-corrected chi connectivity index (χ3v) is 15.2. The van der Waals surface area contributed by atoms with Crippen LogP contribution in [0, 0.1) is 0 Å². The quantitative estimate of drug-likeness (QED) is 0.0195. The molecule has 8 unspecified atom stereocenters. The lowest BCUT2D eigenvalue weighted by Gasteiger charge is -2.41. The molecule has 472 valence electrons. The zero-order chi connectivity index (χ0) is 59.6. The summed E-state index contributed by atoms with van der Waals surface area (Å²) >= 11 is 0. The second kappa shape index (κ2) is 58.0. The van der Waals surface area contributed by atoms with Gasteiger partial charge in [0, 0.05) is 6.42 Å². The molecule has 82 heavy (non-hydrogen) atoms. The minimum Gasteiger partial charge on any atom is -0.454 e. The van der Waals surface area contributed by atoms with Crippen LogP contribution in [0.1, 0.15) is 278 Å². The summed E-state index contributed by atoms with van der Waals surface area (Å²) in [6.07, 6.45) is 67.2. The molecule has 11 nitrogen and oxygen atoms in total. The van der Waals surface area contributed by atoms with Gasteiger partial charge < -0.3 is 45.1 Å². The first-order valence-corrected chi connectivity index (χ1v) is 33.5. The number of aliphatic hydroxyl groups excluding tert-OH is 5. The number of unbranched alkanes of at least 4 members (excludes halogenated alkanes) is 28. The lowest BCUT2D eigenvalue weighted by Crippen LogP contribution is -2.61. The topological polar surface area (TPSA) is 175 Å². The molecule has 0 bridgehead atoms. The van der Waals surface area contributed by atoms with Gasteiger partial charge in [0.05, 0.1) is 25.4 Å². The largest absolute Gasteiger partial charge is 0.454 e. The first kappa shape index (κ1) is 76.6. The zero-order valence-corrected chi connectivity index (χ0v) is 52.3. The summed E-state index contributed by atoms with van der Waals surface area (Å²) < 4.78 is 17.6. The number of amides is 1. The Morgan fingerprint density at radius 3 is 1.28 bits per heavy atom. The van der Waals surface area contributed by atoms with E-state index < -0.39 is 67.4 Å². The highest BCUT2D eigenvalue weighted by atomic mass is 16.7. The summed E-state index contributed by atoms with van der Waals surface area (Å²) in [5, 5.41) is 57.1. The molecular weight excluding hydrogens is 1030 g/mol. The van der Waals surface area contributed by atoms with E-state index in [1.807, 2.05) is 6.08 Å². The van der Waals surface area contributed by atoms with Crippen molar-refractivity contribution in [1.29, 1.82) is 0 Å². The lowest BCUT2D eigenvalue weighted by atomic mass is 9.99. The van der Waals surface area contributed by atoms with Crippen molar-refractivity contribution in [3.8, 4) is 0 Å². The summed E-state index contributed by atoms with van der Waals surface area (Å²) in [6, 6.07) is -1.04. The van der Waals surface area contributed by atoms with Gasteiger partial charge in [-0.2, -0.15) is 0 Å². The Labute approximate surface area is 501 Å². The molecule has 0 saturated carbocycles. The predicted molar refractivity (Wildman–Crippen MR) is 342 cm³/mol. The van der Waals surface area contributed by atoms with Gasteiger partial charge >= 0.3 is 5.97 Å². The molecule has 0 aliphatic carbocycles. The summed E-state index contributed by atoms with van der Waals surface area (Å²) in [5.74, 6) is -1.22. The molecule has 1 aliphatic rings. The molecule has 0 aromatic carbocycles. The summed E-state index contributed by atoms with van der Waals surface area (Å²) in [5.41, 5.74) is 0. The number of aliphatic hydroxyl groups is 5. The second-order valence-electron chi connectivity index (χ2n) is 22.8. The molecular formula is C71H123NO10. The van der Waals surface area contributed by atoms with Gasteiger partial charge in [-0.3, -0.25) is 9.59 Å². The molecule has 1 heterocycles. The number of hydrogen-bond donors (Lipinski definition) is 6. The van der Waals surface area contributed by atoms with Crippen LogP contribution in [0.25, 0.3) is 0 Å². The van der Waals surface area contributed by atoms with E-state index in [-0.39, 0.29) is 19.4 Å². The van der Waals surface area contributed by atoms with E-state index in [0.29, 0.717) is 12.8 Å². The summed E-state index contributed by atoms with van der Waals surface area (Å²) in [7, 11) is 0. The van der Waals surface area contributed by atoms with E-state index in [0.717, 1.165) is 128 Å². The van der Waals surface area contributed by atoms with Crippen LogP contribution >= 0.6 is 0 Å². The zero-order valence-electron chi connectivity index (χ0n) is 52.3. The van der Waals surface area contributed by atoms with Crippen molar-refractivity contribution in [2.75, 3.05) is 13.2 Å². The average Bonchev–Trinajstić information content (AvgIpc) is 3.68. The van der Waals surface area contributed by atoms with Gasteiger partial charge in [-0.1, -0.05) is 259 Å². The first-order chi connectivity index (χ1) is 40.2. The molecule has 0 aromatic heterocycles. The average molecular weight is 1150 g/mol. The predicted octanol–water partition coefficient (Wildman–Crippen LogP) is 16.7. The molecule has 0 aromatic rings. The summed E-state index contributed by atoms with van der Waals surface area (Å²) in [6.45, 7) is 5.73. The molecule has 8 atom stereocenters. The van der Waals surface area contributed by atoms with Crippen LogP contribution in [0.2, 0.25) is 0 Å². The van der Waals surface area contributed by atoms with Crippen LogP contribution < -0.4 is 5.32 Å². The number of carbonyl (C=O) groups is 2. The van der Waals surface area contributed by atoms with Crippen molar-refractivity contribution in [1.82, 2.24) is 5.32 Å². The molecule has 1 saturated heterocycles. The van der Waals surface area contributed by atoms with Crippen molar-refractivity contribution >= 4 is 11.9 Å². The molecule has 0 spiro atoms. The monoisotopic (exact) mass is 1150 g/mol. The maximum Gasteiger partial charge on any atom is 0.306 e. The molecule has 0 radical (unpaired) electrons. The van der Waals surface area contributed by atoms with Gasteiger partial charge in [0.1, 0.15) is 24.4 Å². The summed E-state index contributed by atoms with van der Waals surface area (Å²) in [4.78, 5) is 26.6. The Balaban J connectivity index is 2.66. The minimum atomic E-state index is -1.63. The Hall–Kier alpha value is -3.42.